The van der Waals surface area contributed by atoms with E-state index < -0.39 is 11.6 Å². The third-order valence-electron chi connectivity index (χ3n) is 3.27. The van der Waals surface area contributed by atoms with Crippen molar-refractivity contribution in [3.8, 4) is 0 Å². The van der Waals surface area contributed by atoms with Crippen molar-refractivity contribution in [2.45, 2.75) is 26.7 Å². The zero-order valence-electron chi connectivity index (χ0n) is 9.39. The minimum absolute atomic E-state index is 0.00229. The van der Waals surface area contributed by atoms with Crippen LogP contribution in [0.25, 0.3) is 0 Å². The molecule has 0 aromatic heterocycles. The molecule has 1 unspecified atom stereocenters. The Morgan fingerprint density at radius 3 is 2.62 bits per heavy atom. The molecule has 0 amide bonds. The summed E-state index contributed by atoms with van der Waals surface area (Å²) in [6.45, 7) is 4.02. The van der Waals surface area contributed by atoms with Crippen LogP contribution in [0.1, 0.15) is 25.8 Å². The van der Waals surface area contributed by atoms with E-state index in [2.05, 4.69) is 0 Å². The number of carbonyl (C=O) groups is 1. The number of Topliss-reactive ketones (excluding diaryl/α,β-unsaturated/α-hetero) is 1. The van der Waals surface area contributed by atoms with Crippen LogP contribution < -0.4 is 0 Å². The molecule has 1 aromatic rings. The molecule has 1 aromatic carbocycles. The Morgan fingerprint density at radius 1 is 1.44 bits per heavy atom. The Bertz CT molecular complexity index is 438. The van der Waals surface area contributed by atoms with Crippen LogP contribution in [0.3, 0.4) is 0 Å². The van der Waals surface area contributed by atoms with E-state index in [-0.39, 0.29) is 29.1 Å². The van der Waals surface area contributed by atoms with E-state index in [9.17, 15) is 13.6 Å². The maximum Gasteiger partial charge on any atom is 0.140 e. The molecule has 1 atom stereocenters. The highest BCUT2D eigenvalue weighted by atomic mass is 19.1. The molecule has 0 N–H and O–H groups in total. The monoisotopic (exact) mass is 224 g/mol. The molecule has 1 aliphatic carbocycles. The van der Waals surface area contributed by atoms with Gasteiger partial charge in [-0.1, -0.05) is 13.8 Å². The molecule has 3 heteroatoms. The van der Waals surface area contributed by atoms with Gasteiger partial charge in [0.25, 0.3) is 0 Å². The maximum atomic E-state index is 13.3. The second-order valence-corrected chi connectivity index (χ2v) is 5.12. The number of halogens is 2. The Labute approximate surface area is 93.5 Å². The van der Waals surface area contributed by atoms with Gasteiger partial charge in [0.15, 0.2) is 0 Å². The van der Waals surface area contributed by atoms with E-state index >= 15 is 0 Å². The van der Waals surface area contributed by atoms with Crippen molar-refractivity contribution in [3.63, 3.8) is 0 Å². The molecule has 2 rings (SSSR count). The molecule has 0 radical (unpaired) electrons. The molecule has 1 fully saturated rings. The summed E-state index contributed by atoms with van der Waals surface area (Å²) in [5, 5.41) is 0. The number of hydrogen-bond acceptors (Lipinski definition) is 1. The van der Waals surface area contributed by atoms with E-state index in [0.29, 0.717) is 0 Å². The molecule has 0 saturated heterocycles. The van der Waals surface area contributed by atoms with Crippen LogP contribution in [0, 0.1) is 23.0 Å². The van der Waals surface area contributed by atoms with Crippen molar-refractivity contribution >= 4 is 5.78 Å². The van der Waals surface area contributed by atoms with E-state index in [0.717, 1.165) is 24.6 Å². The second kappa shape index (κ2) is 3.65. The summed E-state index contributed by atoms with van der Waals surface area (Å²) in [6, 6.07) is 3.23. The SMILES string of the molecule is CC1(C)CC1C(=O)Cc1cc(F)ccc1F. The zero-order chi connectivity index (χ0) is 11.9. The van der Waals surface area contributed by atoms with Crippen LogP contribution in [0.4, 0.5) is 8.78 Å². The first-order valence-corrected chi connectivity index (χ1v) is 5.37. The first-order valence-electron chi connectivity index (χ1n) is 5.37. The lowest BCUT2D eigenvalue weighted by Crippen LogP contribution is -2.10. The maximum absolute atomic E-state index is 13.3. The Kier molecular flexibility index (Phi) is 2.56. The summed E-state index contributed by atoms with van der Waals surface area (Å²) in [5.41, 5.74) is 0.202. The van der Waals surface area contributed by atoms with Crippen molar-refractivity contribution in [3.05, 3.63) is 35.4 Å². The van der Waals surface area contributed by atoms with Gasteiger partial charge in [0, 0.05) is 12.3 Å². The molecule has 0 heterocycles. The highest BCUT2D eigenvalue weighted by molar-refractivity contribution is 5.86. The van der Waals surface area contributed by atoms with Crippen molar-refractivity contribution in [2.24, 2.45) is 11.3 Å². The molecule has 0 bridgehead atoms. The molecular formula is C13H14F2O. The first kappa shape index (κ1) is 11.2. The van der Waals surface area contributed by atoms with E-state index in [1.165, 1.54) is 0 Å². The van der Waals surface area contributed by atoms with Crippen molar-refractivity contribution in [1.29, 1.82) is 0 Å². The van der Waals surface area contributed by atoms with Gasteiger partial charge in [-0.3, -0.25) is 4.79 Å². The van der Waals surface area contributed by atoms with Crippen LogP contribution in [0.5, 0.6) is 0 Å². The lowest BCUT2D eigenvalue weighted by atomic mass is 10.0. The Hall–Kier alpha value is -1.25. The number of hydrogen-bond donors (Lipinski definition) is 0. The van der Waals surface area contributed by atoms with Gasteiger partial charge in [-0.05, 0) is 35.6 Å². The number of ketones is 1. The first-order chi connectivity index (χ1) is 7.40. The molecule has 1 saturated carbocycles. The van der Waals surface area contributed by atoms with Crippen LogP contribution in [0.15, 0.2) is 18.2 Å². The third kappa shape index (κ3) is 2.13. The lowest BCUT2D eigenvalue weighted by Gasteiger charge is -2.04. The third-order valence-corrected chi connectivity index (χ3v) is 3.27. The van der Waals surface area contributed by atoms with Gasteiger partial charge in [0.05, 0.1) is 0 Å². The normalized spacial score (nSPS) is 21.9. The van der Waals surface area contributed by atoms with Crippen LogP contribution in [0.2, 0.25) is 0 Å². The molecule has 1 nitrogen and oxygen atoms in total. The Balaban J connectivity index is 2.10. The quantitative estimate of drug-likeness (QED) is 0.771. The number of benzene rings is 1. The van der Waals surface area contributed by atoms with Crippen LogP contribution in [-0.4, -0.2) is 5.78 Å². The van der Waals surface area contributed by atoms with Gasteiger partial charge in [-0.15, -0.1) is 0 Å². The smallest absolute Gasteiger partial charge is 0.140 e. The summed E-state index contributed by atoms with van der Waals surface area (Å²) >= 11 is 0. The Morgan fingerprint density at radius 2 is 2.06 bits per heavy atom. The number of carbonyl (C=O) groups excluding carboxylic acids is 1. The zero-order valence-corrected chi connectivity index (χ0v) is 9.39. The van der Waals surface area contributed by atoms with Crippen molar-refractivity contribution < 1.29 is 13.6 Å². The fourth-order valence-electron chi connectivity index (χ4n) is 2.01. The lowest BCUT2D eigenvalue weighted by molar-refractivity contribution is -0.120. The van der Waals surface area contributed by atoms with Crippen molar-refractivity contribution in [1.82, 2.24) is 0 Å². The fraction of sp³-hybridized carbons (Fsp3) is 0.462. The summed E-state index contributed by atoms with van der Waals surface area (Å²) in [4.78, 5) is 11.8. The van der Waals surface area contributed by atoms with Crippen molar-refractivity contribution in [2.75, 3.05) is 0 Å². The summed E-state index contributed by atoms with van der Waals surface area (Å²) in [5.74, 6) is -0.989. The largest absolute Gasteiger partial charge is 0.299 e. The molecular weight excluding hydrogens is 210 g/mol. The number of rotatable bonds is 3. The molecule has 1 aliphatic rings. The van der Waals surface area contributed by atoms with Gasteiger partial charge in [-0.2, -0.15) is 0 Å². The van der Waals surface area contributed by atoms with Gasteiger partial charge in [0.2, 0.25) is 0 Å². The van der Waals surface area contributed by atoms with E-state index in [1.54, 1.807) is 0 Å². The van der Waals surface area contributed by atoms with Gasteiger partial charge < -0.3 is 0 Å². The summed E-state index contributed by atoms with van der Waals surface area (Å²) in [7, 11) is 0. The molecule has 86 valence electrons. The molecule has 0 spiro atoms. The van der Waals surface area contributed by atoms with Crippen LogP contribution in [-0.2, 0) is 11.2 Å². The summed E-state index contributed by atoms with van der Waals surface area (Å²) in [6.07, 6.45) is 0.848. The highest BCUT2D eigenvalue weighted by Gasteiger charge is 2.49. The highest BCUT2D eigenvalue weighted by Crippen LogP contribution is 2.52. The van der Waals surface area contributed by atoms with Gasteiger partial charge in [0.1, 0.15) is 17.4 Å². The average molecular weight is 224 g/mol. The van der Waals surface area contributed by atoms with Crippen LogP contribution >= 0.6 is 0 Å². The minimum Gasteiger partial charge on any atom is -0.299 e. The average Bonchev–Trinajstić information content (AvgIpc) is 2.82. The van der Waals surface area contributed by atoms with E-state index in [1.807, 2.05) is 13.8 Å². The summed E-state index contributed by atoms with van der Waals surface area (Å²) < 4.78 is 26.2. The van der Waals surface area contributed by atoms with E-state index in [4.69, 9.17) is 0 Å². The molecule has 0 aliphatic heterocycles. The topological polar surface area (TPSA) is 17.1 Å². The predicted octanol–water partition coefficient (Wildman–Crippen LogP) is 3.12. The molecule has 16 heavy (non-hydrogen) atoms. The van der Waals surface area contributed by atoms with Gasteiger partial charge in [-0.25, -0.2) is 8.78 Å². The minimum atomic E-state index is -0.506. The standard InChI is InChI=1S/C13H14F2O/c1-13(2)7-10(13)12(16)6-8-5-9(14)3-4-11(8)15/h3-5,10H,6-7H2,1-2H3. The fourth-order valence-corrected chi connectivity index (χ4v) is 2.01. The van der Waals surface area contributed by atoms with Gasteiger partial charge >= 0.3 is 0 Å². The second-order valence-electron chi connectivity index (χ2n) is 5.12. The predicted molar refractivity (Wildman–Crippen MR) is 57.0 cm³/mol.